The van der Waals surface area contributed by atoms with Crippen molar-refractivity contribution in [3.05, 3.63) is 30.3 Å². The summed E-state index contributed by atoms with van der Waals surface area (Å²) in [6.45, 7) is 4.00. The van der Waals surface area contributed by atoms with Crippen LogP contribution in [0.5, 0.6) is 0 Å². The third kappa shape index (κ3) is 2.46. The van der Waals surface area contributed by atoms with Crippen molar-refractivity contribution in [3.63, 3.8) is 0 Å². The largest absolute Gasteiger partial charge is 0.483 e. The van der Waals surface area contributed by atoms with E-state index in [2.05, 4.69) is 26.5 Å². The highest BCUT2D eigenvalue weighted by molar-refractivity contribution is 6.36. The van der Waals surface area contributed by atoms with Gasteiger partial charge in [0.05, 0.1) is 24.6 Å². The number of nitriles is 1. The number of benzene rings is 1. The predicted octanol–water partition coefficient (Wildman–Crippen LogP) is 0.992. The molecule has 1 aliphatic carbocycles. The number of amidine groups is 1. The highest BCUT2D eigenvalue weighted by Crippen LogP contribution is 2.87. The molecule has 1 aromatic rings. The molecule has 4 rings (SSSR count). The fourth-order valence-corrected chi connectivity index (χ4v) is 5.75. The molecule has 35 heavy (non-hydrogen) atoms. The van der Waals surface area contributed by atoms with Gasteiger partial charge in [-0.25, -0.2) is 4.99 Å². The highest BCUT2D eigenvalue weighted by Gasteiger charge is 3.07. The van der Waals surface area contributed by atoms with Crippen LogP contribution >= 0.6 is 0 Å². The highest BCUT2D eigenvalue weighted by atomic mass is 16.7. The van der Waals surface area contributed by atoms with Gasteiger partial charge in [0.25, 0.3) is 11.8 Å². The topological polar surface area (TPSA) is 155 Å². The maximum Gasteiger partial charge on any atom is 0.293 e. The van der Waals surface area contributed by atoms with E-state index in [4.69, 9.17) is 14.2 Å². The van der Waals surface area contributed by atoms with Gasteiger partial charge in [-0.3, -0.25) is 14.4 Å². The molecule has 1 aromatic carbocycles. The molecule has 3 atom stereocenters. The standard InChI is InChI=1S/C23H24N6O6/c1-13-21(19(32)29(28-13)16-10-8-7-9-11-16)20(12-24)22(21,18(33-4)26-15(3)31)17(25-14(2)30)27-23(20,34-5)35-6/h7-11H,1-6H3,(H,25,27,30). The number of rotatable bonds is 4. The van der Waals surface area contributed by atoms with Gasteiger partial charge >= 0.3 is 0 Å². The van der Waals surface area contributed by atoms with Crippen molar-refractivity contribution in [2.24, 2.45) is 31.3 Å². The van der Waals surface area contributed by atoms with Gasteiger partial charge in [0.2, 0.25) is 17.7 Å². The van der Waals surface area contributed by atoms with E-state index >= 15 is 0 Å². The summed E-state index contributed by atoms with van der Waals surface area (Å²) in [5.41, 5.74) is -5.05. The van der Waals surface area contributed by atoms with Crippen molar-refractivity contribution in [2.45, 2.75) is 26.7 Å². The van der Waals surface area contributed by atoms with Crippen molar-refractivity contribution in [1.82, 2.24) is 5.32 Å². The Kier molecular flexibility index (Phi) is 5.38. The molecule has 182 valence electrons. The lowest BCUT2D eigenvalue weighted by atomic mass is 9.85. The number of nitrogens with zero attached hydrogens (tertiary/aromatic N) is 5. The molecule has 0 radical (unpaired) electrons. The number of hydrogen-bond acceptors (Lipinski definition) is 9. The van der Waals surface area contributed by atoms with Gasteiger partial charge < -0.3 is 19.5 Å². The average molecular weight is 480 g/mol. The second-order valence-electron chi connectivity index (χ2n) is 8.27. The van der Waals surface area contributed by atoms with E-state index in [0.717, 1.165) is 5.01 Å². The zero-order chi connectivity index (χ0) is 25.8. The molecule has 3 amide bonds. The SMILES string of the molecule is COC(=NC(C)=O)C12C(NC(C)=O)=NC(OC)(OC)C1(C#N)C21C(=O)N(c2ccccc2)N=C1C. The lowest BCUT2D eigenvalue weighted by Crippen LogP contribution is -2.49. The summed E-state index contributed by atoms with van der Waals surface area (Å²) in [5, 5.41) is 19.0. The molecule has 12 heteroatoms. The molecule has 1 fully saturated rings. The van der Waals surface area contributed by atoms with Crippen molar-refractivity contribution in [3.8, 4) is 6.07 Å². The molecule has 0 bridgehead atoms. The number of methoxy groups -OCH3 is 3. The van der Waals surface area contributed by atoms with E-state index in [1.807, 2.05) is 0 Å². The Morgan fingerprint density at radius 2 is 1.77 bits per heavy atom. The number of hydrazone groups is 1. The first-order valence-electron chi connectivity index (χ1n) is 10.6. The number of fused-ring (bicyclic) bond motifs is 3. The summed E-state index contributed by atoms with van der Waals surface area (Å²) in [6.07, 6.45) is 0. The molecular weight excluding hydrogens is 456 g/mol. The van der Waals surface area contributed by atoms with Gasteiger partial charge in [0, 0.05) is 28.1 Å². The molecule has 3 unspecified atom stereocenters. The van der Waals surface area contributed by atoms with E-state index in [1.165, 1.54) is 35.2 Å². The van der Waals surface area contributed by atoms with Crippen molar-refractivity contribution >= 4 is 40.9 Å². The minimum atomic E-state index is -2.07. The molecule has 12 nitrogen and oxygen atoms in total. The first-order valence-corrected chi connectivity index (χ1v) is 10.6. The van der Waals surface area contributed by atoms with Crippen LogP contribution in [0.15, 0.2) is 45.4 Å². The van der Waals surface area contributed by atoms with Crippen LogP contribution < -0.4 is 10.3 Å². The molecule has 2 heterocycles. The Labute approximate surface area is 201 Å². The van der Waals surface area contributed by atoms with Crippen molar-refractivity contribution < 1.29 is 28.6 Å². The van der Waals surface area contributed by atoms with Crippen LogP contribution in [0.2, 0.25) is 0 Å². The summed E-state index contributed by atoms with van der Waals surface area (Å²) in [5.74, 6) is -4.35. The monoisotopic (exact) mass is 480 g/mol. The molecule has 1 N–H and O–H groups in total. The van der Waals surface area contributed by atoms with Crippen LogP contribution in [-0.4, -0.2) is 62.4 Å². The number of anilines is 1. The minimum Gasteiger partial charge on any atom is -0.483 e. The van der Waals surface area contributed by atoms with Gasteiger partial charge in [-0.2, -0.15) is 20.4 Å². The quantitative estimate of drug-likeness (QED) is 0.383. The zero-order valence-electron chi connectivity index (χ0n) is 20.1. The first kappa shape index (κ1) is 24.2. The van der Waals surface area contributed by atoms with E-state index in [9.17, 15) is 19.6 Å². The fraction of sp³-hybridized carbons (Fsp3) is 0.435. The van der Waals surface area contributed by atoms with Gasteiger partial charge in [-0.1, -0.05) is 18.2 Å². The normalized spacial score (nSPS) is 30.4. The van der Waals surface area contributed by atoms with Crippen LogP contribution in [0, 0.1) is 27.6 Å². The predicted molar refractivity (Wildman–Crippen MR) is 123 cm³/mol. The van der Waals surface area contributed by atoms with Crippen LogP contribution in [0.25, 0.3) is 0 Å². The molecule has 1 spiro atoms. The Morgan fingerprint density at radius 1 is 1.14 bits per heavy atom. The summed E-state index contributed by atoms with van der Waals surface area (Å²) >= 11 is 0. The third-order valence-electron chi connectivity index (χ3n) is 6.81. The lowest BCUT2D eigenvalue weighted by Gasteiger charge is -2.31. The Balaban J connectivity index is 2.12. The summed E-state index contributed by atoms with van der Waals surface area (Å²) in [6, 6.07) is 10.8. The summed E-state index contributed by atoms with van der Waals surface area (Å²) < 4.78 is 16.8. The van der Waals surface area contributed by atoms with E-state index < -0.39 is 39.9 Å². The molecule has 0 aromatic heterocycles. The van der Waals surface area contributed by atoms with Crippen LogP contribution in [0.1, 0.15) is 20.8 Å². The van der Waals surface area contributed by atoms with Crippen LogP contribution in [-0.2, 0) is 28.6 Å². The van der Waals surface area contributed by atoms with Crippen LogP contribution in [0.3, 0.4) is 0 Å². The summed E-state index contributed by atoms with van der Waals surface area (Å²) in [7, 11) is 3.76. The molecule has 1 saturated carbocycles. The average Bonchev–Trinajstić information content (AvgIpc) is 3.21. The van der Waals surface area contributed by atoms with Gasteiger partial charge in [-0.15, -0.1) is 0 Å². The number of carbonyl (C=O) groups excluding carboxylic acids is 3. The smallest absolute Gasteiger partial charge is 0.293 e. The first-order chi connectivity index (χ1) is 16.6. The Hall–Kier alpha value is -3.95. The van der Waals surface area contributed by atoms with E-state index in [0.29, 0.717) is 5.69 Å². The number of carbonyl (C=O) groups is 3. The zero-order valence-corrected chi connectivity index (χ0v) is 20.1. The second kappa shape index (κ2) is 7.79. The van der Waals surface area contributed by atoms with E-state index in [-0.39, 0.29) is 17.4 Å². The maximum atomic E-state index is 14.3. The minimum absolute atomic E-state index is 0.157. The van der Waals surface area contributed by atoms with Crippen molar-refractivity contribution in [1.29, 1.82) is 5.26 Å². The second-order valence-corrected chi connectivity index (χ2v) is 8.27. The van der Waals surface area contributed by atoms with Gasteiger partial charge in [0.15, 0.2) is 10.8 Å². The molecule has 2 aliphatic heterocycles. The van der Waals surface area contributed by atoms with E-state index in [1.54, 1.807) is 37.3 Å². The Morgan fingerprint density at radius 3 is 2.26 bits per heavy atom. The number of para-hydroxylation sites is 1. The van der Waals surface area contributed by atoms with Gasteiger partial charge in [-0.05, 0) is 19.1 Å². The van der Waals surface area contributed by atoms with Gasteiger partial charge in [0.1, 0.15) is 11.3 Å². The fourth-order valence-electron chi connectivity index (χ4n) is 5.75. The number of hydrogen-bond donors (Lipinski definition) is 1. The number of ether oxygens (including phenoxy) is 3. The number of nitrogens with one attached hydrogen (secondary N) is 1. The van der Waals surface area contributed by atoms with Crippen LogP contribution in [0.4, 0.5) is 5.69 Å². The summed E-state index contributed by atoms with van der Waals surface area (Å²) in [4.78, 5) is 47.1. The van der Waals surface area contributed by atoms with Crippen molar-refractivity contribution in [2.75, 3.05) is 26.3 Å². The third-order valence-corrected chi connectivity index (χ3v) is 6.81. The number of amides is 3. The lowest BCUT2D eigenvalue weighted by molar-refractivity contribution is -0.234. The number of aliphatic imine (C=N–C) groups is 2. The molecule has 3 aliphatic rings. The maximum absolute atomic E-state index is 14.3. The molecular formula is C23H24N6O6. The Bertz CT molecular complexity index is 1260. The molecule has 0 saturated heterocycles.